The van der Waals surface area contributed by atoms with Crippen LogP contribution >= 0.6 is 11.8 Å². The van der Waals surface area contributed by atoms with E-state index in [1.807, 2.05) is 19.2 Å². The molecule has 0 aliphatic carbocycles. The van der Waals surface area contributed by atoms with Crippen LogP contribution in [0, 0.1) is 6.92 Å². The minimum absolute atomic E-state index is 0.252. The molecule has 0 bridgehead atoms. The van der Waals surface area contributed by atoms with Gasteiger partial charge in [0, 0.05) is 23.8 Å². The summed E-state index contributed by atoms with van der Waals surface area (Å²) in [5.41, 5.74) is 2.55. The summed E-state index contributed by atoms with van der Waals surface area (Å²) >= 11 is 1.67. The molecule has 0 amide bonds. The first-order valence-corrected chi connectivity index (χ1v) is 9.14. The Labute approximate surface area is 114 Å². The highest BCUT2D eigenvalue weighted by molar-refractivity contribution is 8.00. The van der Waals surface area contributed by atoms with Gasteiger partial charge in [0.1, 0.15) is 9.84 Å². The molecule has 0 aliphatic heterocycles. The fourth-order valence-corrected chi connectivity index (χ4v) is 4.15. The second-order valence-electron chi connectivity index (χ2n) is 4.40. The highest BCUT2D eigenvalue weighted by atomic mass is 32.2. The van der Waals surface area contributed by atoms with Crippen LogP contribution in [0.1, 0.15) is 17.2 Å². The zero-order valence-corrected chi connectivity index (χ0v) is 12.8. The molecule has 0 radical (unpaired) electrons. The molecule has 1 unspecified atom stereocenters. The molecule has 0 aliphatic rings. The Kier molecular flexibility index (Phi) is 6.18. The van der Waals surface area contributed by atoms with Gasteiger partial charge >= 0.3 is 0 Å². The number of hydrogen-bond donors (Lipinski definition) is 1. The van der Waals surface area contributed by atoms with Crippen molar-refractivity contribution in [3.05, 3.63) is 35.4 Å². The maximum Gasteiger partial charge on any atom is 0.148 e. The number of rotatable bonds is 7. The molecule has 1 N–H and O–H groups in total. The number of nitrogens with one attached hydrogen (secondary N) is 1. The van der Waals surface area contributed by atoms with Crippen molar-refractivity contribution in [3.63, 3.8) is 0 Å². The average molecular weight is 287 g/mol. The summed E-state index contributed by atoms with van der Waals surface area (Å²) in [6, 6.07) is 8.56. The van der Waals surface area contributed by atoms with E-state index >= 15 is 0 Å². The van der Waals surface area contributed by atoms with Gasteiger partial charge in [0.25, 0.3) is 0 Å². The van der Waals surface area contributed by atoms with E-state index in [1.54, 1.807) is 11.8 Å². The van der Waals surface area contributed by atoms with Crippen molar-refractivity contribution in [2.24, 2.45) is 0 Å². The van der Waals surface area contributed by atoms with Gasteiger partial charge in [-0.05, 0) is 25.1 Å². The molecule has 102 valence electrons. The van der Waals surface area contributed by atoms with E-state index < -0.39 is 9.84 Å². The topological polar surface area (TPSA) is 46.2 Å². The summed E-state index contributed by atoms with van der Waals surface area (Å²) < 4.78 is 22.1. The van der Waals surface area contributed by atoms with Crippen molar-refractivity contribution < 1.29 is 8.42 Å². The van der Waals surface area contributed by atoms with Crippen LogP contribution in [-0.4, -0.2) is 39.0 Å². The van der Waals surface area contributed by atoms with E-state index in [9.17, 15) is 8.42 Å². The first kappa shape index (κ1) is 15.5. The SMILES string of the molecule is CNC(CSCCS(C)(=O)=O)c1ccccc1C. The molecule has 1 aromatic rings. The van der Waals surface area contributed by atoms with E-state index in [4.69, 9.17) is 0 Å². The molecule has 3 nitrogen and oxygen atoms in total. The number of thioether (sulfide) groups is 1. The monoisotopic (exact) mass is 287 g/mol. The second kappa shape index (κ2) is 7.16. The lowest BCUT2D eigenvalue weighted by Crippen LogP contribution is -2.20. The van der Waals surface area contributed by atoms with Crippen molar-refractivity contribution >= 4 is 21.6 Å². The Balaban J connectivity index is 2.51. The highest BCUT2D eigenvalue weighted by Crippen LogP contribution is 2.21. The van der Waals surface area contributed by atoms with Gasteiger partial charge in [-0.3, -0.25) is 0 Å². The average Bonchev–Trinajstić information content (AvgIpc) is 2.29. The highest BCUT2D eigenvalue weighted by Gasteiger charge is 2.11. The van der Waals surface area contributed by atoms with Crippen molar-refractivity contribution in [2.75, 3.05) is 30.6 Å². The molecule has 0 saturated carbocycles. The quantitative estimate of drug-likeness (QED) is 0.780. The van der Waals surface area contributed by atoms with Gasteiger partial charge in [0.2, 0.25) is 0 Å². The third-order valence-corrected chi connectivity index (χ3v) is 5.06. The lowest BCUT2D eigenvalue weighted by molar-refractivity contribution is 0.603. The van der Waals surface area contributed by atoms with E-state index in [-0.39, 0.29) is 11.8 Å². The van der Waals surface area contributed by atoms with Crippen molar-refractivity contribution in [1.82, 2.24) is 5.32 Å². The van der Waals surface area contributed by atoms with Gasteiger partial charge in [0.05, 0.1) is 5.75 Å². The minimum atomic E-state index is -2.84. The molecule has 1 aromatic carbocycles. The standard InChI is InChI=1S/C13H21NO2S2/c1-11-6-4-5-7-12(11)13(14-2)10-17-8-9-18(3,15)16/h4-7,13-14H,8-10H2,1-3H3. The van der Waals surface area contributed by atoms with Crippen molar-refractivity contribution in [3.8, 4) is 0 Å². The maximum atomic E-state index is 11.0. The Morgan fingerprint density at radius 3 is 2.56 bits per heavy atom. The molecule has 0 fully saturated rings. The van der Waals surface area contributed by atoms with Gasteiger partial charge in [-0.15, -0.1) is 0 Å². The number of hydrogen-bond acceptors (Lipinski definition) is 4. The van der Waals surface area contributed by atoms with Gasteiger partial charge < -0.3 is 5.32 Å². The summed E-state index contributed by atoms with van der Waals surface area (Å²) in [6.45, 7) is 2.10. The molecule has 1 atom stereocenters. The number of sulfone groups is 1. The van der Waals surface area contributed by atoms with Gasteiger partial charge in [0.15, 0.2) is 0 Å². The van der Waals surface area contributed by atoms with Crippen molar-refractivity contribution in [2.45, 2.75) is 13.0 Å². The predicted molar refractivity (Wildman–Crippen MR) is 80.0 cm³/mol. The minimum Gasteiger partial charge on any atom is -0.312 e. The molecule has 1 rings (SSSR count). The normalized spacial score (nSPS) is 13.5. The molecule has 18 heavy (non-hydrogen) atoms. The summed E-state index contributed by atoms with van der Waals surface area (Å²) in [7, 11) is -0.904. The maximum absolute atomic E-state index is 11.0. The molecule has 5 heteroatoms. The first-order valence-electron chi connectivity index (χ1n) is 5.92. The van der Waals surface area contributed by atoms with Gasteiger partial charge in [-0.1, -0.05) is 24.3 Å². The smallest absolute Gasteiger partial charge is 0.148 e. The molecular weight excluding hydrogens is 266 g/mol. The van der Waals surface area contributed by atoms with Crippen LogP contribution in [0.2, 0.25) is 0 Å². The third-order valence-electron chi connectivity index (χ3n) is 2.80. The molecule has 0 aromatic heterocycles. The summed E-state index contributed by atoms with van der Waals surface area (Å²) in [4.78, 5) is 0. The molecule has 0 saturated heterocycles. The third kappa shape index (κ3) is 5.42. The summed E-state index contributed by atoms with van der Waals surface area (Å²) in [6.07, 6.45) is 1.28. The molecule has 0 spiro atoms. The first-order chi connectivity index (χ1) is 8.44. The predicted octanol–water partition coefficient (Wildman–Crippen LogP) is 2.03. The van der Waals surface area contributed by atoms with Crippen LogP contribution in [0.4, 0.5) is 0 Å². The van der Waals surface area contributed by atoms with Crippen LogP contribution in [0.25, 0.3) is 0 Å². The number of benzene rings is 1. The summed E-state index contributed by atoms with van der Waals surface area (Å²) in [5, 5.41) is 3.29. The number of aryl methyl sites for hydroxylation is 1. The largest absolute Gasteiger partial charge is 0.312 e. The van der Waals surface area contributed by atoms with Crippen LogP contribution in [0.5, 0.6) is 0 Å². The Morgan fingerprint density at radius 2 is 2.00 bits per heavy atom. The lowest BCUT2D eigenvalue weighted by atomic mass is 10.0. The van der Waals surface area contributed by atoms with Crippen molar-refractivity contribution in [1.29, 1.82) is 0 Å². The van der Waals surface area contributed by atoms with E-state index in [0.29, 0.717) is 5.75 Å². The van der Waals surface area contributed by atoms with Crippen LogP contribution in [0.3, 0.4) is 0 Å². The summed E-state index contributed by atoms with van der Waals surface area (Å²) in [5.74, 6) is 1.79. The Morgan fingerprint density at radius 1 is 1.33 bits per heavy atom. The van der Waals surface area contributed by atoms with Crippen LogP contribution in [0.15, 0.2) is 24.3 Å². The fourth-order valence-electron chi connectivity index (χ4n) is 1.72. The Bertz CT molecular complexity index is 472. The fraction of sp³-hybridized carbons (Fsp3) is 0.538. The van der Waals surface area contributed by atoms with Crippen LogP contribution < -0.4 is 5.32 Å². The van der Waals surface area contributed by atoms with E-state index in [1.165, 1.54) is 17.4 Å². The van der Waals surface area contributed by atoms with E-state index in [2.05, 4.69) is 24.4 Å². The zero-order valence-electron chi connectivity index (χ0n) is 11.1. The van der Waals surface area contributed by atoms with Crippen LogP contribution in [-0.2, 0) is 9.84 Å². The zero-order chi connectivity index (χ0) is 13.6. The molecule has 0 heterocycles. The van der Waals surface area contributed by atoms with Gasteiger partial charge in [-0.25, -0.2) is 8.42 Å². The Hall–Kier alpha value is -0.520. The lowest BCUT2D eigenvalue weighted by Gasteiger charge is -2.18. The second-order valence-corrected chi connectivity index (χ2v) is 7.81. The van der Waals surface area contributed by atoms with E-state index in [0.717, 1.165) is 5.75 Å². The van der Waals surface area contributed by atoms with Gasteiger partial charge in [-0.2, -0.15) is 11.8 Å². The molecular formula is C13H21NO2S2.